The van der Waals surface area contributed by atoms with Crippen molar-refractivity contribution >= 4 is 32.2 Å². The SMILES string of the molecule is CCS(=O)(=O)c1c(N)nsc1NCC1(C)CCC1. The molecule has 0 saturated heterocycles. The molecule has 0 unspecified atom stereocenters. The van der Waals surface area contributed by atoms with E-state index in [1.54, 1.807) is 6.92 Å². The van der Waals surface area contributed by atoms with E-state index in [0.29, 0.717) is 5.00 Å². The van der Waals surface area contributed by atoms with E-state index < -0.39 is 9.84 Å². The summed E-state index contributed by atoms with van der Waals surface area (Å²) in [6, 6.07) is 0. The predicted molar refractivity (Wildman–Crippen MR) is 74.7 cm³/mol. The van der Waals surface area contributed by atoms with Crippen LogP contribution in [0.3, 0.4) is 0 Å². The van der Waals surface area contributed by atoms with Crippen molar-refractivity contribution in [3.05, 3.63) is 0 Å². The molecule has 1 aromatic rings. The first kappa shape index (κ1) is 13.6. The van der Waals surface area contributed by atoms with Crippen LogP contribution in [0.5, 0.6) is 0 Å². The van der Waals surface area contributed by atoms with Crippen molar-refractivity contribution in [1.29, 1.82) is 0 Å². The van der Waals surface area contributed by atoms with Gasteiger partial charge < -0.3 is 11.1 Å². The average Bonchev–Trinajstić information content (AvgIpc) is 2.66. The predicted octanol–water partition coefficient (Wildman–Crippen LogP) is 2.12. The number of nitrogen functional groups attached to an aromatic ring is 1. The Morgan fingerprint density at radius 2 is 2.17 bits per heavy atom. The summed E-state index contributed by atoms with van der Waals surface area (Å²) in [5, 5.41) is 3.80. The maximum Gasteiger partial charge on any atom is 0.184 e. The summed E-state index contributed by atoms with van der Waals surface area (Å²) in [5.74, 6) is 0.157. The highest BCUT2D eigenvalue weighted by Crippen LogP contribution is 2.41. The summed E-state index contributed by atoms with van der Waals surface area (Å²) in [5.41, 5.74) is 5.95. The van der Waals surface area contributed by atoms with Gasteiger partial charge in [-0.25, -0.2) is 8.42 Å². The van der Waals surface area contributed by atoms with E-state index in [-0.39, 0.29) is 21.9 Å². The van der Waals surface area contributed by atoms with E-state index in [4.69, 9.17) is 5.73 Å². The van der Waals surface area contributed by atoms with Crippen LogP contribution < -0.4 is 11.1 Å². The van der Waals surface area contributed by atoms with Gasteiger partial charge in [0.2, 0.25) is 0 Å². The van der Waals surface area contributed by atoms with Gasteiger partial charge in [0.05, 0.1) is 5.75 Å². The first-order valence-corrected chi connectivity index (χ1v) is 8.52. The molecule has 0 radical (unpaired) electrons. The molecular weight excluding hydrogens is 270 g/mol. The van der Waals surface area contributed by atoms with Crippen molar-refractivity contribution in [3.8, 4) is 0 Å². The third kappa shape index (κ3) is 2.47. The lowest BCUT2D eigenvalue weighted by Gasteiger charge is -2.38. The molecule has 0 amide bonds. The number of nitrogens with two attached hydrogens (primary N) is 1. The van der Waals surface area contributed by atoms with E-state index in [2.05, 4.69) is 16.6 Å². The van der Waals surface area contributed by atoms with Gasteiger partial charge in [-0.15, -0.1) is 0 Å². The topological polar surface area (TPSA) is 85.1 Å². The van der Waals surface area contributed by atoms with E-state index in [9.17, 15) is 8.42 Å². The molecule has 7 heteroatoms. The van der Waals surface area contributed by atoms with Gasteiger partial charge in [0.25, 0.3) is 0 Å². The van der Waals surface area contributed by atoms with Crippen LogP contribution in [0, 0.1) is 5.41 Å². The molecule has 1 fully saturated rings. The van der Waals surface area contributed by atoms with Crippen molar-refractivity contribution in [2.24, 2.45) is 5.41 Å². The molecule has 0 spiro atoms. The Hall–Kier alpha value is -0.820. The Bertz CT molecular complexity index is 532. The second kappa shape index (κ2) is 4.70. The summed E-state index contributed by atoms with van der Waals surface area (Å²) in [7, 11) is -3.31. The quantitative estimate of drug-likeness (QED) is 0.867. The van der Waals surface area contributed by atoms with Gasteiger partial charge in [-0.2, -0.15) is 4.37 Å². The Labute approximate surface area is 112 Å². The third-order valence-corrected chi connectivity index (χ3v) is 6.35. The molecule has 1 aliphatic rings. The highest BCUT2D eigenvalue weighted by molar-refractivity contribution is 7.91. The van der Waals surface area contributed by atoms with E-state index >= 15 is 0 Å². The van der Waals surface area contributed by atoms with Crippen molar-refractivity contribution in [3.63, 3.8) is 0 Å². The molecule has 18 heavy (non-hydrogen) atoms. The molecule has 1 aliphatic carbocycles. The number of hydrogen-bond donors (Lipinski definition) is 2. The number of hydrogen-bond acceptors (Lipinski definition) is 6. The van der Waals surface area contributed by atoms with Gasteiger partial charge >= 0.3 is 0 Å². The van der Waals surface area contributed by atoms with Gasteiger partial charge in [-0.3, -0.25) is 0 Å². The molecular formula is C11H19N3O2S2. The van der Waals surface area contributed by atoms with Crippen molar-refractivity contribution in [2.45, 2.75) is 38.0 Å². The zero-order valence-electron chi connectivity index (χ0n) is 10.7. The van der Waals surface area contributed by atoms with Crippen molar-refractivity contribution in [2.75, 3.05) is 23.3 Å². The van der Waals surface area contributed by atoms with Crippen LogP contribution in [-0.2, 0) is 9.84 Å². The minimum absolute atomic E-state index is 0.0432. The Morgan fingerprint density at radius 1 is 1.50 bits per heavy atom. The molecule has 0 aromatic carbocycles. The van der Waals surface area contributed by atoms with Crippen LogP contribution in [-0.4, -0.2) is 25.1 Å². The fraction of sp³-hybridized carbons (Fsp3) is 0.727. The molecule has 3 N–H and O–H groups in total. The highest BCUT2D eigenvalue weighted by atomic mass is 32.2. The normalized spacial score (nSPS) is 18.3. The van der Waals surface area contributed by atoms with Gasteiger partial charge in [-0.1, -0.05) is 20.3 Å². The number of aromatic nitrogens is 1. The van der Waals surface area contributed by atoms with Crippen LogP contribution in [0.15, 0.2) is 4.90 Å². The number of nitrogens with one attached hydrogen (secondary N) is 1. The molecule has 0 bridgehead atoms. The number of rotatable bonds is 5. The van der Waals surface area contributed by atoms with E-state index in [1.807, 2.05) is 0 Å². The number of nitrogens with zero attached hydrogens (tertiary/aromatic N) is 1. The Kier molecular flexibility index (Phi) is 3.55. The first-order valence-electron chi connectivity index (χ1n) is 6.10. The number of anilines is 2. The summed E-state index contributed by atoms with van der Waals surface area (Å²) in [6.45, 7) is 4.60. The molecule has 102 valence electrons. The van der Waals surface area contributed by atoms with Crippen LogP contribution in [0.2, 0.25) is 0 Å². The fourth-order valence-electron chi connectivity index (χ4n) is 2.10. The second-order valence-electron chi connectivity index (χ2n) is 5.15. The standard InChI is InChI=1S/C11H19N3O2S2/c1-3-18(15,16)8-9(12)14-17-10(8)13-7-11(2)5-4-6-11/h13H,3-7H2,1-2H3,(H2,12,14). The summed E-state index contributed by atoms with van der Waals surface area (Å²) in [6.07, 6.45) is 3.62. The maximum atomic E-state index is 12.0. The van der Waals surface area contributed by atoms with Gasteiger partial charge in [0.15, 0.2) is 15.7 Å². The van der Waals surface area contributed by atoms with Crippen LogP contribution in [0.4, 0.5) is 10.8 Å². The lowest BCUT2D eigenvalue weighted by molar-refractivity contribution is 0.180. The summed E-state index contributed by atoms with van der Waals surface area (Å²) < 4.78 is 27.9. The molecule has 2 rings (SSSR count). The minimum atomic E-state index is -3.31. The molecule has 0 atom stereocenters. The van der Waals surface area contributed by atoms with E-state index in [0.717, 1.165) is 18.1 Å². The zero-order valence-corrected chi connectivity index (χ0v) is 12.3. The Morgan fingerprint density at radius 3 is 2.67 bits per heavy atom. The van der Waals surface area contributed by atoms with Crippen LogP contribution >= 0.6 is 11.5 Å². The van der Waals surface area contributed by atoms with Gasteiger partial charge in [0, 0.05) is 6.54 Å². The van der Waals surface area contributed by atoms with Gasteiger partial charge in [0.1, 0.15) is 9.90 Å². The first-order chi connectivity index (χ1) is 8.38. The summed E-state index contributed by atoms with van der Waals surface area (Å²) in [4.78, 5) is 0.179. The fourth-order valence-corrected chi connectivity index (χ4v) is 4.27. The average molecular weight is 289 g/mol. The van der Waals surface area contributed by atoms with Crippen molar-refractivity contribution < 1.29 is 8.42 Å². The zero-order chi connectivity index (χ0) is 13.4. The lowest BCUT2D eigenvalue weighted by Crippen LogP contribution is -2.33. The summed E-state index contributed by atoms with van der Waals surface area (Å²) >= 11 is 1.13. The second-order valence-corrected chi connectivity index (χ2v) is 8.14. The smallest absolute Gasteiger partial charge is 0.184 e. The number of sulfone groups is 1. The molecule has 1 aromatic heterocycles. The van der Waals surface area contributed by atoms with E-state index in [1.165, 1.54) is 19.3 Å². The molecule has 0 aliphatic heterocycles. The Balaban J connectivity index is 2.19. The molecule has 1 heterocycles. The molecule has 5 nitrogen and oxygen atoms in total. The lowest BCUT2D eigenvalue weighted by atomic mass is 9.70. The highest BCUT2D eigenvalue weighted by Gasteiger charge is 2.32. The van der Waals surface area contributed by atoms with Gasteiger partial charge in [-0.05, 0) is 29.8 Å². The van der Waals surface area contributed by atoms with Crippen LogP contribution in [0.25, 0.3) is 0 Å². The monoisotopic (exact) mass is 289 g/mol. The largest absolute Gasteiger partial charge is 0.382 e. The third-order valence-electron chi connectivity index (χ3n) is 3.60. The molecule has 1 saturated carbocycles. The van der Waals surface area contributed by atoms with Crippen molar-refractivity contribution in [1.82, 2.24) is 4.37 Å². The minimum Gasteiger partial charge on any atom is -0.382 e. The maximum absolute atomic E-state index is 12.0. The van der Waals surface area contributed by atoms with Crippen LogP contribution in [0.1, 0.15) is 33.1 Å².